The second-order valence-electron chi connectivity index (χ2n) is 5.66. The molecule has 3 rings (SSSR count). The first-order valence-corrected chi connectivity index (χ1v) is 10.5. The van der Waals surface area contributed by atoms with E-state index in [0.29, 0.717) is 5.02 Å². The molecule has 0 amide bonds. The minimum atomic E-state index is -3.69. The first kappa shape index (κ1) is 15.3. The van der Waals surface area contributed by atoms with E-state index >= 15 is 0 Å². The lowest BCUT2D eigenvalue weighted by molar-refractivity contribution is 0.524. The fourth-order valence-corrected chi connectivity index (χ4v) is 7.43. The molecule has 1 aromatic carbocycles. The lowest BCUT2D eigenvalue weighted by Crippen LogP contribution is -2.44. The van der Waals surface area contributed by atoms with Crippen LogP contribution in [0.25, 0.3) is 0 Å². The third-order valence-corrected chi connectivity index (χ3v) is 8.29. The van der Waals surface area contributed by atoms with Gasteiger partial charge in [-0.3, -0.25) is 0 Å². The Morgan fingerprint density at radius 3 is 2.29 bits per heavy atom. The van der Waals surface area contributed by atoms with E-state index in [4.69, 9.17) is 11.6 Å². The summed E-state index contributed by atoms with van der Waals surface area (Å²) in [5.41, 5.74) is 0. The van der Waals surface area contributed by atoms with E-state index in [0.717, 1.165) is 12.8 Å². The van der Waals surface area contributed by atoms with Gasteiger partial charge in [-0.2, -0.15) is 0 Å². The Morgan fingerprint density at radius 2 is 1.71 bits per heavy atom. The van der Waals surface area contributed by atoms with Gasteiger partial charge in [-0.05, 0) is 37.1 Å². The molecule has 1 aliphatic carbocycles. The summed E-state index contributed by atoms with van der Waals surface area (Å²) in [7, 11) is -7.02. The van der Waals surface area contributed by atoms with Crippen molar-refractivity contribution in [3.63, 3.8) is 0 Å². The molecule has 1 saturated heterocycles. The second kappa shape index (κ2) is 5.22. The van der Waals surface area contributed by atoms with Crippen LogP contribution in [0, 0.1) is 0 Å². The predicted octanol–water partition coefficient (Wildman–Crippen LogP) is 1.03. The molecule has 1 heterocycles. The molecule has 1 aliphatic heterocycles. The van der Waals surface area contributed by atoms with Crippen molar-refractivity contribution in [3.8, 4) is 0 Å². The first-order valence-electron chi connectivity index (χ1n) is 6.74. The Bertz CT molecular complexity index is 739. The number of benzene rings is 1. The minimum Gasteiger partial charge on any atom is -0.309 e. The average Bonchev–Trinajstić information content (AvgIpc) is 3.13. The molecule has 1 aromatic rings. The standard InChI is InChI=1S/C13H16ClNO4S2/c14-9-1-5-11(6-2-9)21(18,19)13-8-20(16,17)7-12(13)15-10-3-4-10/h1-2,5-6,10,12-13,15H,3-4,7-8H2/t12-,13-/m0/s1. The third kappa shape index (κ3) is 3.26. The summed E-state index contributed by atoms with van der Waals surface area (Å²) in [6.45, 7) is 0. The lowest BCUT2D eigenvalue weighted by Gasteiger charge is -2.19. The largest absolute Gasteiger partial charge is 0.309 e. The molecule has 1 saturated carbocycles. The van der Waals surface area contributed by atoms with Crippen molar-refractivity contribution in [2.24, 2.45) is 0 Å². The van der Waals surface area contributed by atoms with Crippen LogP contribution in [0.2, 0.25) is 5.02 Å². The Kier molecular flexibility index (Phi) is 3.80. The van der Waals surface area contributed by atoms with E-state index in [2.05, 4.69) is 5.32 Å². The molecule has 8 heteroatoms. The van der Waals surface area contributed by atoms with E-state index in [1.807, 2.05) is 0 Å². The maximum atomic E-state index is 12.7. The number of nitrogens with one attached hydrogen (secondary N) is 1. The van der Waals surface area contributed by atoms with Crippen molar-refractivity contribution in [2.45, 2.75) is 35.1 Å². The van der Waals surface area contributed by atoms with Gasteiger partial charge in [0.15, 0.2) is 19.7 Å². The van der Waals surface area contributed by atoms with Gasteiger partial charge < -0.3 is 5.32 Å². The number of sulfone groups is 2. The highest BCUT2D eigenvalue weighted by Crippen LogP contribution is 2.29. The van der Waals surface area contributed by atoms with Crippen LogP contribution >= 0.6 is 11.6 Å². The van der Waals surface area contributed by atoms with E-state index in [-0.39, 0.29) is 22.4 Å². The van der Waals surface area contributed by atoms with Crippen LogP contribution in [0.15, 0.2) is 29.2 Å². The minimum absolute atomic E-state index is 0.110. The van der Waals surface area contributed by atoms with Gasteiger partial charge in [0.2, 0.25) is 0 Å². The van der Waals surface area contributed by atoms with Crippen LogP contribution < -0.4 is 5.32 Å². The SMILES string of the molecule is O=S1(=O)C[C@H](NC2CC2)[C@@H](S(=O)(=O)c2ccc(Cl)cc2)C1. The van der Waals surface area contributed by atoms with Crippen LogP contribution in [-0.2, 0) is 19.7 Å². The normalized spacial score (nSPS) is 28.6. The van der Waals surface area contributed by atoms with Crippen molar-refractivity contribution in [1.82, 2.24) is 5.32 Å². The van der Waals surface area contributed by atoms with Crippen molar-refractivity contribution in [1.29, 1.82) is 0 Å². The monoisotopic (exact) mass is 349 g/mol. The van der Waals surface area contributed by atoms with E-state index in [1.165, 1.54) is 24.3 Å². The molecule has 2 aliphatic rings. The van der Waals surface area contributed by atoms with Crippen LogP contribution in [-0.4, -0.2) is 45.7 Å². The highest BCUT2D eigenvalue weighted by atomic mass is 35.5. The molecule has 1 N–H and O–H groups in total. The maximum absolute atomic E-state index is 12.7. The Morgan fingerprint density at radius 1 is 1.10 bits per heavy atom. The summed E-state index contributed by atoms with van der Waals surface area (Å²) >= 11 is 5.77. The number of rotatable bonds is 4. The Labute approximate surface area is 129 Å². The van der Waals surface area contributed by atoms with Gasteiger partial charge in [-0.15, -0.1) is 0 Å². The summed E-state index contributed by atoms with van der Waals surface area (Å²) in [5.74, 6) is -0.427. The first-order chi connectivity index (χ1) is 9.78. The van der Waals surface area contributed by atoms with Gasteiger partial charge in [-0.1, -0.05) is 11.6 Å². The third-order valence-electron chi connectivity index (χ3n) is 3.87. The summed E-state index contributed by atoms with van der Waals surface area (Å²) < 4.78 is 49.1. The molecule has 0 spiro atoms. The summed E-state index contributed by atoms with van der Waals surface area (Å²) in [4.78, 5) is 0.122. The van der Waals surface area contributed by atoms with Gasteiger partial charge in [0.25, 0.3) is 0 Å². The zero-order valence-corrected chi connectivity index (χ0v) is 13.6. The van der Waals surface area contributed by atoms with E-state index in [9.17, 15) is 16.8 Å². The van der Waals surface area contributed by atoms with E-state index in [1.54, 1.807) is 0 Å². The lowest BCUT2D eigenvalue weighted by atomic mass is 10.2. The molecule has 21 heavy (non-hydrogen) atoms. The number of halogens is 1. The molecule has 0 aromatic heterocycles. The quantitative estimate of drug-likeness (QED) is 0.878. The highest BCUT2D eigenvalue weighted by molar-refractivity contribution is 7.96. The van der Waals surface area contributed by atoms with Crippen molar-refractivity contribution in [3.05, 3.63) is 29.3 Å². The molecule has 0 unspecified atom stereocenters. The molecule has 5 nitrogen and oxygen atoms in total. The van der Waals surface area contributed by atoms with Crippen molar-refractivity contribution >= 4 is 31.3 Å². The van der Waals surface area contributed by atoms with Gasteiger partial charge >= 0.3 is 0 Å². The number of hydrogen-bond acceptors (Lipinski definition) is 5. The zero-order chi connectivity index (χ0) is 15.3. The second-order valence-corrected chi connectivity index (χ2v) is 10.4. The molecular formula is C13H16ClNO4S2. The smallest absolute Gasteiger partial charge is 0.183 e. The van der Waals surface area contributed by atoms with Crippen LogP contribution in [0.4, 0.5) is 0 Å². The maximum Gasteiger partial charge on any atom is 0.183 e. The van der Waals surface area contributed by atoms with Crippen molar-refractivity contribution < 1.29 is 16.8 Å². The predicted molar refractivity (Wildman–Crippen MR) is 81.0 cm³/mol. The number of hydrogen-bond donors (Lipinski definition) is 1. The van der Waals surface area contributed by atoms with Crippen LogP contribution in [0.3, 0.4) is 0 Å². The molecule has 0 bridgehead atoms. The fraction of sp³-hybridized carbons (Fsp3) is 0.538. The molecule has 2 fully saturated rings. The van der Waals surface area contributed by atoms with Crippen molar-refractivity contribution in [2.75, 3.05) is 11.5 Å². The highest BCUT2D eigenvalue weighted by Gasteiger charge is 2.47. The van der Waals surface area contributed by atoms with Crippen LogP contribution in [0.1, 0.15) is 12.8 Å². The molecule has 116 valence electrons. The molecular weight excluding hydrogens is 334 g/mol. The Hall–Kier alpha value is -0.630. The summed E-state index contributed by atoms with van der Waals surface area (Å²) in [6, 6.07) is 5.59. The van der Waals surface area contributed by atoms with Gasteiger partial charge in [0, 0.05) is 17.1 Å². The van der Waals surface area contributed by atoms with Gasteiger partial charge in [0.05, 0.1) is 21.7 Å². The topological polar surface area (TPSA) is 80.3 Å². The Balaban J connectivity index is 1.93. The van der Waals surface area contributed by atoms with E-state index < -0.39 is 31.0 Å². The average molecular weight is 350 g/mol. The van der Waals surface area contributed by atoms with Gasteiger partial charge in [-0.25, -0.2) is 16.8 Å². The molecule has 2 atom stereocenters. The fourth-order valence-electron chi connectivity index (χ4n) is 2.63. The summed E-state index contributed by atoms with van der Waals surface area (Å²) in [6.07, 6.45) is 1.95. The summed E-state index contributed by atoms with van der Waals surface area (Å²) in [5, 5.41) is 2.68. The zero-order valence-electron chi connectivity index (χ0n) is 11.2. The van der Waals surface area contributed by atoms with Crippen LogP contribution in [0.5, 0.6) is 0 Å². The molecule has 0 radical (unpaired) electrons. The van der Waals surface area contributed by atoms with Gasteiger partial charge in [0.1, 0.15) is 0 Å².